The molecule has 0 aromatic heterocycles. The molecule has 0 spiro atoms. The standard InChI is InChI=1S/C19H33N3/c1-15(13-18(2,3)4)21-17-8-7-16(14-20-17)19(5)9-11-22(6)12-10-19/h7-8,16H,1,9-14H2,2-6H3,(H,20,21). The topological polar surface area (TPSA) is 27.6 Å². The molecule has 22 heavy (non-hydrogen) atoms. The Bertz CT molecular complexity index is 460. The van der Waals surface area contributed by atoms with Gasteiger partial charge in [-0.25, -0.2) is 0 Å². The second kappa shape index (κ2) is 6.57. The fourth-order valence-corrected chi connectivity index (χ4v) is 3.42. The van der Waals surface area contributed by atoms with Gasteiger partial charge in [0.05, 0.1) is 0 Å². The summed E-state index contributed by atoms with van der Waals surface area (Å²) in [6.45, 7) is 16.6. The fourth-order valence-electron chi connectivity index (χ4n) is 3.42. The number of allylic oxidation sites excluding steroid dienone is 1. The largest absolute Gasteiger partial charge is 0.345 e. The molecule has 1 atom stereocenters. The normalized spacial score (nSPS) is 25.7. The van der Waals surface area contributed by atoms with Gasteiger partial charge < -0.3 is 10.2 Å². The SMILES string of the molecule is C=C(CC(C)(C)C)NC1=NCC(C2(C)CCN(C)CC2)C=C1. The van der Waals surface area contributed by atoms with Crippen LogP contribution in [0.15, 0.2) is 29.4 Å². The number of hydrogen-bond donors (Lipinski definition) is 1. The lowest BCUT2D eigenvalue weighted by atomic mass is 9.69. The molecule has 1 N–H and O–H groups in total. The van der Waals surface area contributed by atoms with Crippen LogP contribution < -0.4 is 5.32 Å². The molecule has 1 fully saturated rings. The van der Waals surface area contributed by atoms with E-state index in [1.54, 1.807) is 0 Å². The first-order valence-electron chi connectivity index (χ1n) is 8.54. The molecule has 0 saturated carbocycles. The molecule has 2 aliphatic rings. The Morgan fingerprint density at radius 2 is 2.05 bits per heavy atom. The summed E-state index contributed by atoms with van der Waals surface area (Å²) in [5.74, 6) is 1.55. The summed E-state index contributed by atoms with van der Waals surface area (Å²) >= 11 is 0. The first-order chi connectivity index (χ1) is 10.2. The number of amidine groups is 1. The van der Waals surface area contributed by atoms with Crippen molar-refractivity contribution in [3.8, 4) is 0 Å². The van der Waals surface area contributed by atoms with Crippen LogP contribution in [-0.4, -0.2) is 37.4 Å². The molecule has 0 radical (unpaired) electrons. The number of nitrogens with zero attached hydrogens (tertiary/aromatic N) is 2. The quantitative estimate of drug-likeness (QED) is 0.858. The maximum atomic E-state index is 4.76. The summed E-state index contributed by atoms with van der Waals surface area (Å²) in [6, 6.07) is 0. The Balaban J connectivity index is 1.88. The van der Waals surface area contributed by atoms with Gasteiger partial charge in [0.1, 0.15) is 5.84 Å². The average Bonchev–Trinajstić information content (AvgIpc) is 2.41. The van der Waals surface area contributed by atoms with Gasteiger partial charge in [0.2, 0.25) is 0 Å². The van der Waals surface area contributed by atoms with E-state index in [9.17, 15) is 0 Å². The van der Waals surface area contributed by atoms with Gasteiger partial charge in [-0.15, -0.1) is 0 Å². The Morgan fingerprint density at radius 3 is 2.55 bits per heavy atom. The van der Waals surface area contributed by atoms with Crippen molar-refractivity contribution in [2.24, 2.45) is 21.7 Å². The Hall–Kier alpha value is -1.09. The van der Waals surface area contributed by atoms with Crippen molar-refractivity contribution in [3.63, 3.8) is 0 Å². The molecule has 1 unspecified atom stereocenters. The molecule has 1 saturated heterocycles. The third kappa shape index (κ3) is 4.70. The number of nitrogens with one attached hydrogen (secondary N) is 1. The molecule has 0 aromatic carbocycles. The van der Waals surface area contributed by atoms with E-state index in [0.717, 1.165) is 24.5 Å². The zero-order chi connectivity index (χ0) is 16.4. The van der Waals surface area contributed by atoms with E-state index in [0.29, 0.717) is 11.3 Å². The van der Waals surface area contributed by atoms with Crippen LogP contribution in [-0.2, 0) is 0 Å². The van der Waals surface area contributed by atoms with E-state index in [4.69, 9.17) is 4.99 Å². The van der Waals surface area contributed by atoms with Gasteiger partial charge in [-0.3, -0.25) is 4.99 Å². The van der Waals surface area contributed by atoms with Crippen molar-refractivity contribution in [1.29, 1.82) is 0 Å². The number of dihydropyridines is 1. The molecule has 0 aliphatic carbocycles. The van der Waals surface area contributed by atoms with Gasteiger partial charge in [0.25, 0.3) is 0 Å². The van der Waals surface area contributed by atoms with Crippen molar-refractivity contribution in [3.05, 3.63) is 24.4 Å². The van der Waals surface area contributed by atoms with E-state index in [1.165, 1.54) is 25.9 Å². The van der Waals surface area contributed by atoms with Crippen LogP contribution in [0, 0.1) is 16.7 Å². The summed E-state index contributed by atoms with van der Waals surface area (Å²) in [7, 11) is 2.22. The van der Waals surface area contributed by atoms with Gasteiger partial charge >= 0.3 is 0 Å². The Kier molecular flexibility index (Phi) is 5.16. The molecule has 0 amide bonds. The van der Waals surface area contributed by atoms with E-state index in [1.807, 2.05) is 0 Å². The summed E-state index contributed by atoms with van der Waals surface area (Å²) in [5.41, 5.74) is 1.72. The number of piperidine rings is 1. The van der Waals surface area contributed by atoms with Gasteiger partial charge in [-0.1, -0.05) is 40.3 Å². The predicted molar refractivity (Wildman–Crippen MR) is 96.1 cm³/mol. The zero-order valence-electron chi connectivity index (χ0n) is 15.1. The smallest absolute Gasteiger partial charge is 0.124 e. The number of likely N-dealkylation sites (tertiary alicyclic amines) is 1. The van der Waals surface area contributed by atoms with Gasteiger partial charge in [-0.05, 0) is 56.3 Å². The second-order valence-electron chi connectivity index (χ2n) is 8.61. The molecule has 124 valence electrons. The minimum Gasteiger partial charge on any atom is -0.345 e. The van der Waals surface area contributed by atoms with Crippen LogP contribution in [0.3, 0.4) is 0 Å². The molecule has 0 bridgehead atoms. The summed E-state index contributed by atoms with van der Waals surface area (Å²) in [6.07, 6.45) is 8.03. The van der Waals surface area contributed by atoms with E-state index in [-0.39, 0.29) is 5.41 Å². The highest BCUT2D eigenvalue weighted by molar-refractivity contribution is 5.94. The van der Waals surface area contributed by atoms with Crippen molar-refractivity contribution >= 4 is 5.84 Å². The highest BCUT2D eigenvalue weighted by Crippen LogP contribution is 2.40. The maximum Gasteiger partial charge on any atom is 0.124 e. The molecule has 2 rings (SSSR count). The second-order valence-corrected chi connectivity index (χ2v) is 8.61. The molecule has 3 nitrogen and oxygen atoms in total. The van der Waals surface area contributed by atoms with Crippen molar-refractivity contribution in [2.75, 3.05) is 26.7 Å². The van der Waals surface area contributed by atoms with Gasteiger partial charge in [0.15, 0.2) is 0 Å². The third-order valence-electron chi connectivity index (χ3n) is 5.02. The van der Waals surface area contributed by atoms with Crippen LogP contribution >= 0.6 is 0 Å². The Labute approximate surface area is 136 Å². The minimum absolute atomic E-state index is 0.257. The summed E-state index contributed by atoms with van der Waals surface area (Å²) in [5, 5.41) is 3.38. The monoisotopic (exact) mass is 303 g/mol. The first kappa shape index (κ1) is 17.3. The predicted octanol–water partition coefficient (Wildman–Crippen LogP) is 3.84. The van der Waals surface area contributed by atoms with E-state index >= 15 is 0 Å². The van der Waals surface area contributed by atoms with Crippen LogP contribution in [0.4, 0.5) is 0 Å². The first-order valence-corrected chi connectivity index (χ1v) is 8.54. The van der Waals surface area contributed by atoms with Crippen LogP contribution in [0.25, 0.3) is 0 Å². The van der Waals surface area contributed by atoms with Crippen LogP contribution in [0.5, 0.6) is 0 Å². The van der Waals surface area contributed by atoms with Crippen LogP contribution in [0.2, 0.25) is 0 Å². The molecular weight excluding hydrogens is 270 g/mol. The lowest BCUT2D eigenvalue weighted by molar-refractivity contribution is 0.100. The van der Waals surface area contributed by atoms with Crippen molar-refractivity contribution in [1.82, 2.24) is 10.2 Å². The number of hydrogen-bond acceptors (Lipinski definition) is 3. The van der Waals surface area contributed by atoms with Gasteiger partial charge in [-0.2, -0.15) is 0 Å². The lowest BCUT2D eigenvalue weighted by Gasteiger charge is -2.42. The fraction of sp³-hybridized carbons (Fsp3) is 0.737. The molecular formula is C19H33N3. The van der Waals surface area contributed by atoms with Crippen molar-refractivity contribution < 1.29 is 0 Å². The number of aliphatic imine (C=N–C) groups is 1. The third-order valence-corrected chi connectivity index (χ3v) is 5.02. The Morgan fingerprint density at radius 1 is 1.41 bits per heavy atom. The van der Waals surface area contributed by atoms with E-state index < -0.39 is 0 Å². The average molecular weight is 303 g/mol. The number of rotatable bonds is 3. The minimum atomic E-state index is 0.257. The summed E-state index contributed by atoms with van der Waals surface area (Å²) < 4.78 is 0. The molecule has 3 heteroatoms. The van der Waals surface area contributed by atoms with Crippen LogP contribution in [0.1, 0.15) is 47.0 Å². The highest BCUT2D eigenvalue weighted by Gasteiger charge is 2.36. The lowest BCUT2D eigenvalue weighted by Crippen LogP contribution is -2.42. The molecule has 2 aliphatic heterocycles. The molecule has 0 aromatic rings. The summed E-state index contributed by atoms with van der Waals surface area (Å²) in [4.78, 5) is 7.20. The zero-order valence-corrected chi connectivity index (χ0v) is 15.1. The van der Waals surface area contributed by atoms with Crippen molar-refractivity contribution in [2.45, 2.75) is 47.0 Å². The molecule has 2 heterocycles. The van der Waals surface area contributed by atoms with Gasteiger partial charge in [0, 0.05) is 18.2 Å². The maximum absolute atomic E-state index is 4.76. The van der Waals surface area contributed by atoms with E-state index in [2.05, 4.69) is 63.7 Å². The highest BCUT2D eigenvalue weighted by atomic mass is 15.1.